The van der Waals surface area contributed by atoms with Crippen molar-refractivity contribution in [1.82, 2.24) is 0 Å². The highest BCUT2D eigenvalue weighted by Gasteiger charge is 2.61. The van der Waals surface area contributed by atoms with Gasteiger partial charge in [0.2, 0.25) is 0 Å². The maximum atomic E-state index is 10.2. The van der Waals surface area contributed by atoms with E-state index in [1.807, 2.05) is 0 Å². The Bertz CT molecular complexity index is 1420. The minimum absolute atomic E-state index is 0.0790. The van der Waals surface area contributed by atoms with Crippen molar-refractivity contribution in [1.29, 1.82) is 0 Å². The summed E-state index contributed by atoms with van der Waals surface area (Å²) < 4.78 is 0. The molecule has 0 aromatic rings. The molecule has 0 heterocycles. The molecule has 0 saturated heterocycles. The molecule has 0 aromatic heterocycles. The zero-order valence-corrected chi connectivity index (χ0v) is 39.6. The van der Waals surface area contributed by atoms with Crippen molar-refractivity contribution in [2.45, 2.75) is 223 Å². The van der Waals surface area contributed by atoms with Crippen LogP contribution in [0.15, 0.2) is 23.3 Å². The Morgan fingerprint density at radius 2 is 1.16 bits per heavy atom. The Morgan fingerprint density at radius 3 is 1.79 bits per heavy atom. The van der Waals surface area contributed by atoms with Gasteiger partial charge in [-0.25, -0.2) is 0 Å². The first-order chi connectivity index (χ1) is 26.9. The lowest BCUT2D eigenvalue weighted by atomic mass is 9.46. The quantitative estimate of drug-likeness (QED) is 0.217. The van der Waals surface area contributed by atoms with E-state index in [-0.39, 0.29) is 12.2 Å². The maximum absolute atomic E-state index is 10.2. The molecule has 0 bridgehead atoms. The standard InChI is InChI=1S/C28H48O.C27H46O/c1-18(2)19(3)7-8-20(4)24-11-12-25-23-10-9-21-17-22(29)13-15-27(21,5)26(23)14-16-28(24,25)6;1-18(2)7-6-8-19(3)23-11-12-24-22-10-9-20-17-21(28)13-15-26(20,4)25(22)14-16-27(23,24)5/h9,18-20,22-26,29H,7-8,10-17H2,1-6H3;17-19,21-25,28H,6-16H2,1-5H3/t19-,20-,22+,23+,24-,25+,26+,27+,28-;19-,21+,22+,23-,24+,25+,26+,27-/m11/s1. The average Bonchev–Trinajstić information content (AvgIpc) is 3.71. The van der Waals surface area contributed by atoms with Crippen molar-refractivity contribution in [3.8, 4) is 0 Å². The highest BCUT2D eigenvalue weighted by Crippen LogP contribution is 2.69. The van der Waals surface area contributed by atoms with Gasteiger partial charge in [0.25, 0.3) is 0 Å². The largest absolute Gasteiger partial charge is 0.393 e. The Balaban J connectivity index is 0.000000174. The monoisotopic (exact) mass is 787 g/mol. The number of hydrogen-bond donors (Lipinski definition) is 2. The predicted octanol–water partition coefficient (Wildman–Crippen LogP) is 15.0. The van der Waals surface area contributed by atoms with E-state index in [4.69, 9.17) is 0 Å². The second-order valence-corrected chi connectivity index (χ2v) is 24.8. The van der Waals surface area contributed by atoms with E-state index in [0.717, 1.165) is 96.2 Å². The number of rotatable bonds is 10. The van der Waals surface area contributed by atoms with E-state index in [1.54, 1.807) is 11.1 Å². The smallest absolute Gasteiger partial charge is 0.0724 e. The molecule has 6 fully saturated rings. The number of aliphatic hydroxyl groups excluding tert-OH is 2. The number of hydrogen-bond acceptors (Lipinski definition) is 2. The molecule has 0 unspecified atom stereocenters. The van der Waals surface area contributed by atoms with E-state index in [0.29, 0.717) is 21.7 Å². The highest BCUT2D eigenvalue weighted by atomic mass is 16.3. The van der Waals surface area contributed by atoms with Crippen LogP contribution in [-0.2, 0) is 0 Å². The zero-order chi connectivity index (χ0) is 41.1. The number of allylic oxidation sites excluding steroid dienone is 2. The van der Waals surface area contributed by atoms with Crippen LogP contribution in [0, 0.1) is 98.6 Å². The topological polar surface area (TPSA) is 40.5 Å². The van der Waals surface area contributed by atoms with Crippen LogP contribution in [0.25, 0.3) is 0 Å². The molecule has 2 heteroatoms. The summed E-state index contributed by atoms with van der Waals surface area (Å²) in [5, 5.41) is 20.4. The fourth-order valence-corrected chi connectivity index (χ4v) is 17.4. The third kappa shape index (κ3) is 8.25. The minimum Gasteiger partial charge on any atom is -0.393 e. The molecule has 2 nitrogen and oxygen atoms in total. The van der Waals surface area contributed by atoms with Gasteiger partial charge in [-0.3, -0.25) is 0 Å². The first kappa shape index (κ1) is 44.5. The summed E-state index contributed by atoms with van der Waals surface area (Å²) in [6.45, 7) is 27.6. The van der Waals surface area contributed by atoms with Gasteiger partial charge >= 0.3 is 0 Å². The molecule has 0 aliphatic heterocycles. The van der Waals surface area contributed by atoms with Crippen LogP contribution in [0.2, 0.25) is 0 Å². The fraction of sp³-hybridized carbons (Fsp3) is 0.927. The highest BCUT2D eigenvalue weighted by molar-refractivity contribution is 5.27. The fourth-order valence-electron chi connectivity index (χ4n) is 17.4. The number of fused-ring (bicyclic) bond motifs is 10. The van der Waals surface area contributed by atoms with Crippen LogP contribution < -0.4 is 0 Å². The second-order valence-electron chi connectivity index (χ2n) is 24.8. The molecule has 6 saturated carbocycles. The Hall–Kier alpha value is -0.600. The predicted molar refractivity (Wildman–Crippen MR) is 243 cm³/mol. The van der Waals surface area contributed by atoms with Gasteiger partial charge in [0.05, 0.1) is 12.2 Å². The van der Waals surface area contributed by atoms with Crippen molar-refractivity contribution in [3.63, 3.8) is 0 Å². The van der Waals surface area contributed by atoms with Crippen molar-refractivity contribution in [2.24, 2.45) is 98.6 Å². The molecule has 326 valence electrons. The van der Waals surface area contributed by atoms with Crippen LogP contribution in [-0.4, -0.2) is 22.4 Å². The van der Waals surface area contributed by atoms with Crippen LogP contribution >= 0.6 is 0 Å². The van der Waals surface area contributed by atoms with E-state index in [9.17, 15) is 10.2 Å². The van der Waals surface area contributed by atoms with Crippen molar-refractivity contribution < 1.29 is 10.2 Å². The molecule has 8 aliphatic carbocycles. The molecule has 8 aliphatic rings. The van der Waals surface area contributed by atoms with Gasteiger partial charge < -0.3 is 10.2 Å². The Labute approximate surface area is 354 Å². The van der Waals surface area contributed by atoms with Crippen LogP contribution in [0.1, 0.15) is 211 Å². The van der Waals surface area contributed by atoms with Gasteiger partial charge in [-0.2, -0.15) is 0 Å². The summed E-state index contributed by atoms with van der Waals surface area (Å²) in [6.07, 6.45) is 32.8. The maximum Gasteiger partial charge on any atom is 0.0724 e. The van der Waals surface area contributed by atoms with Gasteiger partial charge in [-0.15, -0.1) is 0 Å². The molecule has 2 N–H and O–H groups in total. The van der Waals surface area contributed by atoms with Gasteiger partial charge in [-0.1, -0.05) is 132 Å². The summed E-state index contributed by atoms with van der Waals surface area (Å²) in [4.78, 5) is 0. The summed E-state index contributed by atoms with van der Waals surface area (Å²) >= 11 is 0. The molecule has 17 atom stereocenters. The lowest BCUT2D eigenvalue weighted by molar-refractivity contribution is -0.0626. The van der Waals surface area contributed by atoms with Gasteiger partial charge in [-0.05, 0) is 201 Å². The molecule has 0 radical (unpaired) electrons. The van der Waals surface area contributed by atoms with E-state index >= 15 is 0 Å². The summed E-state index contributed by atoms with van der Waals surface area (Å²) in [6, 6.07) is 0. The number of aliphatic hydroxyl groups is 2. The van der Waals surface area contributed by atoms with Gasteiger partial charge in [0.1, 0.15) is 0 Å². The molecular formula is C55H94O2. The average molecular weight is 787 g/mol. The minimum atomic E-state index is -0.170. The third-order valence-electron chi connectivity index (χ3n) is 21.3. The van der Waals surface area contributed by atoms with Crippen LogP contribution in [0.5, 0.6) is 0 Å². The summed E-state index contributed by atoms with van der Waals surface area (Å²) in [5.74, 6) is 11.8. The lowest BCUT2D eigenvalue weighted by Crippen LogP contribution is -2.51. The molecule has 57 heavy (non-hydrogen) atoms. The van der Waals surface area contributed by atoms with Gasteiger partial charge in [0, 0.05) is 0 Å². The first-order valence-corrected chi connectivity index (χ1v) is 25.7. The Morgan fingerprint density at radius 1 is 0.579 bits per heavy atom. The van der Waals surface area contributed by atoms with Crippen LogP contribution in [0.4, 0.5) is 0 Å². The molecule has 0 aromatic carbocycles. The molecule has 8 rings (SSSR count). The lowest BCUT2D eigenvalue weighted by Gasteiger charge is -2.59. The van der Waals surface area contributed by atoms with E-state index < -0.39 is 0 Å². The molecule has 0 spiro atoms. The summed E-state index contributed by atoms with van der Waals surface area (Å²) in [5.41, 5.74) is 5.20. The Kier molecular flexibility index (Phi) is 13.5. The third-order valence-corrected chi connectivity index (χ3v) is 21.3. The van der Waals surface area contributed by atoms with E-state index in [1.165, 1.54) is 116 Å². The zero-order valence-electron chi connectivity index (χ0n) is 39.6. The second kappa shape index (κ2) is 17.3. The van der Waals surface area contributed by atoms with Gasteiger partial charge in [0.15, 0.2) is 0 Å². The van der Waals surface area contributed by atoms with Crippen molar-refractivity contribution in [3.05, 3.63) is 23.3 Å². The van der Waals surface area contributed by atoms with Crippen molar-refractivity contribution >= 4 is 0 Å². The normalized spacial score (nSPS) is 46.5. The first-order valence-electron chi connectivity index (χ1n) is 25.7. The van der Waals surface area contributed by atoms with Crippen molar-refractivity contribution in [2.75, 3.05) is 0 Å². The SMILES string of the molecule is CC(C)CCC[C@@H](C)[C@H]1CC[C@H]2[C@@H]3CCC4=C[C@@H](O)CC[C@]4(C)[C@H]3CC[C@]12C.CC(C)[C@H](C)CC[C@@H](C)[C@H]1CC[C@H]2[C@@H]3CC=C4C[C@@H](O)CC[C@]4(C)[C@H]3CC[C@]12C. The molecular weight excluding hydrogens is 693 g/mol. The van der Waals surface area contributed by atoms with Crippen LogP contribution in [0.3, 0.4) is 0 Å². The van der Waals surface area contributed by atoms with E-state index in [2.05, 4.69) is 88.3 Å². The summed E-state index contributed by atoms with van der Waals surface area (Å²) in [7, 11) is 0. The molecule has 0 amide bonds.